The molecule has 0 spiro atoms. The second-order valence-corrected chi connectivity index (χ2v) is 1.51. The van der Waals surface area contributed by atoms with Gasteiger partial charge in [0.2, 0.25) is 0 Å². The van der Waals surface area contributed by atoms with Crippen molar-refractivity contribution in [1.82, 2.24) is 0 Å². The maximum atomic E-state index is 8.97. The van der Waals surface area contributed by atoms with Crippen molar-refractivity contribution in [3.05, 3.63) is 10.3 Å². The summed E-state index contributed by atoms with van der Waals surface area (Å²) in [7, 11) is -4.17. The van der Waals surface area contributed by atoms with E-state index in [0.29, 0.717) is 0 Å². The molecule has 0 atom stereocenters. The van der Waals surface area contributed by atoms with Gasteiger partial charge in [0.25, 0.3) is 0 Å². The largest absolute Gasteiger partial charge is 1.00 e. The first-order valence-electron chi connectivity index (χ1n) is 0.742. The summed E-state index contributed by atoms with van der Waals surface area (Å²) in [5.41, 5.74) is 0. The van der Waals surface area contributed by atoms with Crippen LogP contribution in [0, 0.1) is 0 Å². The Morgan fingerprint density at radius 3 is 1.00 bits per heavy atom. The average Bonchev–Trinajstić information content (AvgIpc) is 0.722. The van der Waals surface area contributed by atoms with Crippen molar-refractivity contribution in [3.8, 4) is 0 Å². The van der Waals surface area contributed by atoms with Crippen molar-refractivity contribution in [3.63, 3.8) is 0 Å². The van der Waals surface area contributed by atoms with Crippen LogP contribution in [0.3, 0.4) is 0 Å². The van der Waals surface area contributed by atoms with Crippen LogP contribution < -0.4 is 59.1 Å². The van der Waals surface area contributed by atoms with Crippen LogP contribution in [0.5, 0.6) is 0 Å². The van der Waals surface area contributed by atoms with E-state index in [2.05, 4.69) is 0 Å². The Kier molecular flexibility index (Phi) is 13.7. The third-order valence-electron chi connectivity index (χ3n) is 0. The summed E-state index contributed by atoms with van der Waals surface area (Å²) in [6.45, 7) is 0. The number of nitrogens with one attached hydrogen (secondary N) is 2. The van der Waals surface area contributed by atoms with Crippen LogP contribution in [-0.2, 0) is 10.2 Å². The van der Waals surface area contributed by atoms with Crippen molar-refractivity contribution < 1.29 is 67.5 Å². The fourth-order valence-corrected chi connectivity index (χ4v) is 0. The summed E-state index contributed by atoms with van der Waals surface area (Å²) < 4.78 is 17.9. The van der Waals surface area contributed by atoms with Crippen molar-refractivity contribution in [2.45, 2.75) is 0 Å². The molecule has 0 aliphatic carbocycles. The smallest absolute Gasteiger partial charge is 0.582 e. The molecule has 0 radical (unpaired) electrons. The van der Waals surface area contributed by atoms with Crippen LogP contribution >= 0.6 is 0 Å². The molecule has 7 heavy (non-hydrogen) atoms. The Morgan fingerprint density at radius 2 is 1.00 bits per heavy atom. The van der Waals surface area contributed by atoms with Crippen LogP contribution in [-0.4, -0.2) is 8.42 Å². The van der Waals surface area contributed by atoms with Gasteiger partial charge >= 0.3 is 59.1 Å². The summed E-state index contributed by atoms with van der Waals surface area (Å²) in [4.78, 5) is 0. The summed E-state index contributed by atoms with van der Waals surface area (Å²) in [5.74, 6) is 0. The van der Waals surface area contributed by atoms with Crippen molar-refractivity contribution >= 4 is 10.2 Å². The normalized spacial score (nSPS) is 8.29. The summed E-state index contributed by atoms with van der Waals surface area (Å²) in [6, 6.07) is 0. The second kappa shape index (κ2) is 6.00. The summed E-state index contributed by atoms with van der Waals surface area (Å²) in [6.07, 6.45) is 0. The summed E-state index contributed by atoms with van der Waals surface area (Å²) in [5, 5.41) is 11.2. The fraction of sp³-hybridized carbons (Fsp3) is 0. The quantitative estimate of drug-likeness (QED) is 0.314. The molecule has 32 valence electrons. The fourth-order valence-electron chi connectivity index (χ4n) is 0. The molecule has 0 saturated carbocycles. The predicted molar refractivity (Wildman–Crippen MR) is 17.6 cm³/mol. The molecule has 0 amide bonds. The minimum Gasteiger partial charge on any atom is -0.582 e. The molecular weight excluding hydrogens is 138 g/mol. The van der Waals surface area contributed by atoms with E-state index in [1.807, 2.05) is 0 Å². The van der Waals surface area contributed by atoms with E-state index in [1.54, 1.807) is 0 Å². The Morgan fingerprint density at radius 1 is 1.00 bits per heavy atom. The van der Waals surface area contributed by atoms with E-state index < -0.39 is 10.2 Å². The topological polar surface area (TPSA) is 81.7 Å². The monoisotopic (exact) mass is 140 g/mol. The molecule has 0 aliphatic rings. The van der Waals surface area contributed by atoms with Crippen LogP contribution in [0.1, 0.15) is 0 Å². The van der Waals surface area contributed by atoms with Gasteiger partial charge in [-0.2, -0.15) is 0 Å². The third kappa shape index (κ3) is 77.5. The first-order valence-corrected chi connectivity index (χ1v) is 2.22. The van der Waals surface area contributed by atoms with Gasteiger partial charge < -0.3 is 10.3 Å². The molecule has 0 bridgehead atoms. The zero-order chi connectivity index (χ0) is 4.50. The van der Waals surface area contributed by atoms with E-state index in [1.165, 1.54) is 0 Å². The molecule has 0 rings (SSSR count). The van der Waals surface area contributed by atoms with E-state index in [0.717, 1.165) is 0 Å². The number of rotatable bonds is 0. The zero-order valence-corrected chi connectivity index (χ0v) is 9.04. The first kappa shape index (κ1) is 15.9. The number of hydrogen-bond donors (Lipinski definition) is 0. The maximum absolute atomic E-state index is 8.97. The standard InChI is InChI=1S/H2N2O2S.2Na/c1-5(2,3)4;;/h(H2-2,1,2,3,4);;/q-2;2*+1. The van der Waals surface area contributed by atoms with Crippen molar-refractivity contribution in [1.29, 1.82) is 0 Å². The molecular formula is H2N2Na2O2S. The van der Waals surface area contributed by atoms with Crippen molar-refractivity contribution in [2.75, 3.05) is 0 Å². The van der Waals surface area contributed by atoms with Gasteiger partial charge in [0.05, 0.1) is 0 Å². The zero-order valence-electron chi connectivity index (χ0n) is 4.22. The number of hydrogen-bond acceptors (Lipinski definition) is 2. The minimum atomic E-state index is -4.17. The third-order valence-corrected chi connectivity index (χ3v) is 0. The average molecular weight is 140 g/mol. The van der Waals surface area contributed by atoms with Crippen LogP contribution in [0.25, 0.3) is 10.3 Å². The van der Waals surface area contributed by atoms with Gasteiger partial charge in [-0.3, -0.25) is 8.42 Å². The van der Waals surface area contributed by atoms with Gasteiger partial charge in [-0.05, 0) is 10.2 Å². The molecule has 0 fully saturated rings. The molecule has 0 aromatic rings. The van der Waals surface area contributed by atoms with Gasteiger partial charge in [-0.1, -0.05) is 0 Å². The molecule has 0 aliphatic heterocycles. The van der Waals surface area contributed by atoms with E-state index in [9.17, 15) is 0 Å². The van der Waals surface area contributed by atoms with Gasteiger partial charge in [0.1, 0.15) is 0 Å². The van der Waals surface area contributed by atoms with E-state index >= 15 is 0 Å². The van der Waals surface area contributed by atoms with E-state index in [4.69, 9.17) is 18.7 Å². The van der Waals surface area contributed by atoms with Gasteiger partial charge in [-0.25, -0.2) is 0 Å². The van der Waals surface area contributed by atoms with Gasteiger partial charge in [0.15, 0.2) is 0 Å². The van der Waals surface area contributed by atoms with Crippen LogP contribution in [0.4, 0.5) is 0 Å². The van der Waals surface area contributed by atoms with E-state index in [-0.39, 0.29) is 59.1 Å². The Bertz CT molecular complexity index is 96.9. The molecule has 7 heteroatoms. The predicted octanol–water partition coefficient (Wildman–Crippen LogP) is -5.66. The molecule has 0 unspecified atom stereocenters. The molecule has 0 aromatic carbocycles. The van der Waals surface area contributed by atoms with Gasteiger partial charge in [-0.15, -0.1) is 0 Å². The SMILES string of the molecule is [NH-]S([NH-])(=O)=O.[Na+].[Na+]. The molecule has 4 nitrogen and oxygen atoms in total. The molecule has 0 heterocycles. The second-order valence-electron chi connectivity index (χ2n) is 0.503. The van der Waals surface area contributed by atoms with Crippen molar-refractivity contribution in [2.24, 2.45) is 0 Å². The Hall–Kier alpha value is 1.87. The molecule has 0 aromatic heterocycles. The maximum Gasteiger partial charge on any atom is 1.00 e. The molecule has 2 N–H and O–H groups in total. The Balaban J connectivity index is -0.0000000800. The summed E-state index contributed by atoms with van der Waals surface area (Å²) >= 11 is 0. The van der Waals surface area contributed by atoms with Crippen LogP contribution in [0.15, 0.2) is 0 Å². The Labute approximate surface area is 86.8 Å². The first-order chi connectivity index (χ1) is 2.00. The van der Waals surface area contributed by atoms with Crippen LogP contribution in [0.2, 0.25) is 0 Å². The minimum absolute atomic E-state index is 0. The molecule has 0 saturated heterocycles. The van der Waals surface area contributed by atoms with Gasteiger partial charge in [0, 0.05) is 0 Å².